The Morgan fingerprint density at radius 3 is 2.60 bits per heavy atom. The highest BCUT2D eigenvalue weighted by atomic mass is 32.1. The third-order valence-corrected chi connectivity index (χ3v) is 7.25. The number of anilines is 2. The van der Waals surface area contributed by atoms with E-state index in [1.54, 1.807) is 17.0 Å². The second-order valence-electron chi connectivity index (χ2n) is 8.86. The molecule has 0 aromatic heterocycles. The van der Waals surface area contributed by atoms with Crippen LogP contribution in [0.1, 0.15) is 42.4 Å². The van der Waals surface area contributed by atoms with E-state index in [1.165, 1.54) is 6.07 Å². The van der Waals surface area contributed by atoms with E-state index in [-0.39, 0.29) is 17.8 Å². The Balaban J connectivity index is 1.59. The van der Waals surface area contributed by atoms with Gasteiger partial charge in [0.1, 0.15) is 23.2 Å². The molecule has 1 saturated heterocycles. The molecule has 0 unspecified atom stereocenters. The predicted molar refractivity (Wildman–Crippen MR) is 122 cm³/mol. The van der Waals surface area contributed by atoms with Crippen LogP contribution in [-0.2, 0) is 17.4 Å². The van der Waals surface area contributed by atoms with Gasteiger partial charge in [0.05, 0.1) is 29.5 Å². The van der Waals surface area contributed by atoms with Crippen molar-refractivity contribution in [1.82, 2.24) is 0 Å². The van der Waals surface area contributed by atoms with Gasteiger partial charge in [0, 0.05) is 5.69 Å². The summed E-state index contributed by atoms with van der Waals surface area (Å²) < 4.78 is 61.4. The number of ether oxygens (including phenoxy) is 1. The van der Waals surface area contributed by atoms with Gasteiger partial charge in [-0.05, 0) is 80.2 Å². The van der Waals surface area contributed by atoms with E-state index in [2.05, 4.69) is 0 Å². The number of fused-ring (bicyclic) bond motifs is 1. The highest BCUT2D eigenvalue weighted by Gasteiger charge is 2.60. The Kier molecular flexibility index (Phi) is 5.49. The average molecular weight is 505 g/mol. The summed E-state index contributed by atoms with van der Waals surface area (Å²) in [7, 11) is 0. The zero-order chi connectivity index (χ0) is 25.1. The van der Waals surface area contributed by atoms with Crippen LogP contribution in [0.4, 0.5) is 28.9 Å². The molecule has 35 heavy (non-hydrogen) atoms. The number of alkyl halides is 3. The molecule has 1 aliphatic carbocycles. The molecule has 0 radical (unpaired) electrons. The van der Waals surface area contributed by atoms with Crippen LogP contribution in [0.25, 0.3) is 0 Å². The molecule has 0 bridgehead atoms. The Bertz CT molecular complexity index is 1290. The molecule has 1 spiro atoms. The maximum absolute atomic E-state index is 15.0. The molecule has 1 N–H and O–H groups in total. The Morgan fingerprint density at radius 2 is 2.00 bits per heavy atom. The van der Waals surface area contributed by atoms with Gasteiger partial charge in [-0.25, -0.2) is 4.39 Å². The van der Waals surface area contributed by atoms with Crippen LogP contribution in [0.15, 0.2) is 30.3 Å². The number of nitriles is 1. The zero-order valence-electron chi connectivity index (χ0n) is 18.2. The van der Waals surface area contributed by atoms with E-state index >= 15 is 0 Å². The van der Waals surface area contributed by atoms with Crippen LogP contribution in [-0.4, -0.2) is 34.4 Å². The molecule has 1 saturated carbocycles. The average Bonchev–Trinajstić information content (AvgIpc) is 3.04. The van der Waals surface area contributed by atoms with Crippen molar-refractivity contribution in [2.24, 2.45) is 0 Å². The number of halogens is 4. The third-order valence-electron chi connectivity index (χ3n) is 6.88. The molecule has 5 rings (SSSR count). The maximum Gasteiger partial charge on any atom is 0.417 e. The fraction of sp³-hybridized carbons (Fsp3) is 0.375. The molecule has 2 aromatic rings. The molecule has 1 atom stereocenters. The van der Waals surface area contributed by atoms with Crippen LogP contribution in [0.5, 0.6) is 5.75 Å². The number of carbonyl (C=O) groups excluding carboxylic acids is 1. The van der Waals surface area contributed by atoms with E-state index in [0.717, 1.165) is 10.5 Å². The lowest BCUT2D eigenvalue weighted by Crippen LogP contribution is -2.55. The number of rotatable bonds is 3. The van der Waals surface area contributed by atoms with Crippen molar-refractivity contribution in [3.8, 4) is 11.8 Å². The second kappa shape index (κ2) is 8.17. The van der Waals surface area contributed by atoms with E-state index in [1.807, 2.05) is 6.07 Å². The topological polar surface area (TPSA) is 76.8 Å². The van der Waals surface area contributed by atoms with Gasteiger partial charge in [-0.15, -0.1) is 0 Å². The van der Waals surface area contributed by atoms with Crippen LogP contribution in [0, 0.1) is 17.1 Å². The summed E-state index contributed by atoms with van der Waals surface area (Å²) in [6, 6.07) is 7.53. The number of amides is 1. The first-order valence-electron chi connectivity index (χ1n) is 11.0. The number of thiocarbonyl (C=S) groups is 1. The molecule has 2 aliphatic heterocycles. The van der Waals surface area contributed by atoms with Crippen molar-refractivity contribution in [1.29, 1.82) is 5.26 Å². The van der Waals surface area contributed by atoms with Crippen LogP contribution < -0.4 is 14.5 Å². The molecule has 182 valence electrons. The Hall–Kier alpha value is -3.23. The molecule has 2 aromatic carbocycles. The van der Waals surface area contributed by atoms with Crippen molar-refractivity contribution in [3.05, 3.63) is 52.8 Å². The predicted octanol–water partition coefficient (Wildman–Crippen LogP) is 4.46. The lowest BCUT2D eigenvalue weighted by Gasteiger charge is -2.43. The van der Waals surface area contributed by atoms with Gasteiger partial charge < -0.3 is 14.7 Å². The molecule has 11 heteroatoms. The summed E-state index contributed by atoms with van der Waals surface area (Å²) in [6.45, 7) is -0.111. The van der Waals surface area contributed by atoms with Gasteiger partial charge >= 0.3 is 6.18 Å². The fourth-order valence-electron chi connectivity index (χ4n) is 4.95. The molecular formula is C24H19F4N3O3S. The lowest BCUT2D eigenvalue weighted by atomic mass is 9.75. The largest absolute Gasteiger partial charge is 0.488 e. The van der Waals surface area contributed by atoms with Gasteiger partial charge in [-0.3, -0.25) is 9.69 Å². The first kappa shape index (κ1) is 23.5. The van der Waals surface area contributed by atoms with Crippen molar-refractivity contribution < 1.29 is 32.2 Å². The van der Waals surface area contributed by atoms with Crippen LogP contribution in [0.3, 0.4) is 0 Å². The summed E-state index contributed by atoms with van der Waals surface area (Å²) in [5.74, 6) is -1.14. The minimum absolute atomic E-state index is 0.111. The minimum Gasteiger partial charge on any atom is -0.488 e. The Labute approximate surface area is 203 Å². The highest BCUT2D eigenvalue weighted by Crippen LogP contribution is 2.49. The maximum atomic E-state index is 15.0. The van der Waals surface area contributed by atoms with Gasteiger partial charge in [-0.2, -0.15) is 18.4 Å². The molecule has 2 fully saturated rings. The van der Waals surface area contributed by atoms with Gasteiger partial charge in [0.15, 0.2) is 5.11 Å². The fourth-order valence-corrected chi connectivity index (χ4v) is 5.41. The molecule has 2 heterocycles. The van der Waals surface area contributed by atoms with Crippen molar-refractivity contribution >= 4 is 34.6 Å². The summed E-state index contributed by atoms with van der Waals surface area (Å²) in [5.41, 5.74) is -2.56. The molecule has 6 nitrogen and oxygen atoms in total. The van der Waals surface area contributed by atoms with E-state index < -0.39 is 40.3 Å². The van der Waals surface area contributed by atoms with E-state index in [9.17, 15) is 27.5 Å². The summed E-state index contributed by atoms with van der Waals surface area (Å²) in [4.78, 5) is 16.0. The summed E-state index contributed by atoms with van der Waals surface area (Å²) in [6.07, 6.45) is -2.48. The number of aliphatic hydroxyl groups excluding tert-OH is 1. The normalized spacial score (nSPS) is 21.0. The molecular weight excluding hydrogens is 486 g/mol. The number of hydrogen-bond acceptors (Lipinski definition) is 5. The number of aliphatic hydroxyl groups is 1. The van der Waals surface area contributed by atoms with Gasteiger partial charge in [0.25, 0.3) is 5.91 Å². The molecule has 1 amide bonds. The number of carbonyl (C=O) groups is 1. The summed E-state index contributed by atoms with van der Waals surface area (Å²) >= 11 is 5.56. The SMILES string of the molecule is N#Cc1cc(F)c(N2C(=O)C3(CCC3)N(c3ccc4c(c3)CC[C@H](CO)O4)C2=S)cc1C(F)(F)F. The van der Waals surface area contributed by atoms with Crippen molar-refractivity contribution in [2.75, 3.05) is 16.4 Å². The van der Waals surface area contributed by atoms with Crippen molar-refractivity contribution in [2.45, 2.75) is 49.9 Å². The first-order valence-corrected chi connectivity index (χ1v) is 11.4. The lowest BCUT2D eigenvalue weighted by molar-refractivity contribution is -0.137. The van der Waals surface area contributed by atoms with Crippen molar-refractivity contribution in [3.63, 3.8) is 0 Å². The smallest absolute Gasteiger partial charge is 0.417 e. The van der Waals surface area contributed by atoms with Crippen LogP contribution >= 0.6 is 12.2 Å². The highest BCUT2D eigenvalue weighted by molar-refractivity contribution is 7.81. The summed E-state index contributed by atoms with van der Waals surface area (Å²) in [5, 5.41) is 18.3. The number of aryl methyl sites for hydroxylation is 1. The first-order chi connectivity index (χ1) is 16.6. The third kappa shape index (κ3) is 3.54. The van der Waals surface area contributed by atoms with Gasteiger partial charge in [-0.1, -0.05) is 0 Å². The molecule has 3 aliphatic rings. The number of hydrogen-bond donors (Lipinski definition) is 1. The quantitative estimate of drug-likeness (QED) is 0.490. The van der Waals surface area contributed by atoms with Gasteiger partial charge in [0.2, 0.25) is 0 Å². The Morgan fingerprint density at radius 1 is 1.26 bits per heavy atom. The standard InChI is InChI=1S/C24H19F4N3O3S/c25-18-9-14(11-29)17(24(26,27)28)10-19(18)30-21(33)23(6-1-7-23)31(22(30)35)15-3-5-20-13(8-15)2-4-16(12-32)34-20/h3,5,8-10,16,32H,1-2,4,6-7,12H2/t16-/m1/s1. The number of benzene rings is 2. The van der Waals surface area contributed by atoms with E-state index in [4.69, 9.17) is 22.2 Å². The monoisotopic (exact) mass is 505 g/mol. The zero-order valence-corrected chi connectivity index (χ0v) is 19.0. The second-order valence-corrected chi connectivity index (χ2v) is 9.22. The van der Waals surface area contributed by atoms with E-state index in [0.29, 0.717) is 55.7 Å². The van der Waals surface area contributed by atoms with Crippen LogP contribution in [0.2, 0.25) is 0 Å². The number of nitrogens with zero attached hydrogens (tertiary/aromatic N) is 3. The minimum atomic E-state index is -4.92.